The molecule has 0 heterocycles. The number of ketones is 4. The van der Waals surface area contributed by atoms with Gasteiger partial charge in [-0.15, -0.1) is 0 Å². The van der Waals surface area contributed by atoms with Gasteiger partial charge >= 0.3 is 0 Å². The molecule has 0 aromatic rings. The predicted molar refractivity (Wildman–Crippen MR) is 72.4 cm³/mol. The van der Waals surface area contributed by atoms with E-state index < -0.39 is 29.1 Å². The maximum Gasteiger partial charge on any atom is 0.182 e. The first-order valence-corrected chi connectivity index (χ1v) is 5.30. The van der Waals surface area contributed by atoms with Crippen LogP contribution in [0.4, 0.5) is 0 Å². The maximum absolute atomic E-state index is 11.7. The van der Waals surface area contributed by atoms with Crippen LogP contribution in [0.5, 0.6) is 0 Å². The number of rotatable bonds is 9. The van der Waals surface area contributed by atoms with Gasteiger partial charge in [-0.25, -0.2) is 0 Å². The van der Waals surface area contributed by atoms with E-state index in [-0.39, 0.29) is 5.57 Å². The molecule has 0 aromatic heterocycles. The summed E-state index contributed by atoms with van der Waals surface area (Å²) in [4.78, 5) is 46.4. The fourth-order valence-electron chi connectivity index (χ4n) is 1.31. The van der Waals surface area contributed by atoms with E-state index in [1.54, 1.807) is 0 Å². The minimum absolute atomic E-state index is 0.269. The summed E-state index contributed by atoms with van der Waals surface area (Å²) in [6, 6.07) is 0. The largest absolute Gasteiger partial charge is 0.294 e. The SMILES string of the molecule is C=CC(=O)C=C(C(=O)C=C)C(C(=O)C=C)C(=O)C=C. The van der Waals surface area contributed by atoms with Crippen LogP contribution in [0.15, 0.2) is 62.3 Å². The molecule has 0 aliphatic rings. The van der Waals surface area contributed by atoms with Gasteiger partial charge in [0.15, 0.2) is 23.1 Å². The lowest BCUT2D eigenvalue weighted by atomic mass is 9.86. The molecule has 0 bridgehead atoms. The summed E-state index contributed by atoms with van der Waals surface area (Å²) in [5.41, 5.74) is -0.269. The average Bonchev–Trinajstić information content (AvgIpc) is 2.44. The zero-order valence-electron chi connectivity index (χ0n) is 10.4. The first-order chi connectivity index (χ1) is 8.92. The van der Waals surface area contributed by atoms with E-state index in [1.807, 2.05) is 0 Å². The fraction of sp³-hybridized carbons (Fsp3) is 0.0667. The molecule has 0 radical (unpaired) electrons. The maximum atomic E-state index is 11.7. The Bertz CT molecular complexity index is 486. The van der Waals surface area contributed by atoms with Gasteiger partial charge in [-0.1, -0.05) is 26.3 Å². The first kappa shape index (κ1) is 16.4. The van der Waals surface area contributed by atoms with Crippen molar-refractivity contribution in [2.24, 2.45) is 5.92 Å². The van der Waals surface area contributed by atoms with Crippen LogP contribution < -0.4 is 0 Å². The smallest absolute Gasteiger partial charge is 0.182 e. The van der Waals surface area contributed by atoms with E-state index in [1.165, 1.54) is 0 Å². The van der Waals surface area contributed by atoms with Crippen molar-refractivity contribution in [2.75, 3.05) is 0 Å². The van der Waals surface area contributed by atoms with Gasteiger partial charge in [0.05, 0.1) is 0 Å². The van der Waals surface area contributed by atoms with Crippen LogP contribution in [0.25, 0.3) is 0 Å². The third-order valence-electron chi connectivity index (χ3n) is 2.25. The van der Waals surface area contributed by atoms with Crippen LogP contribution in [0.1, 0.15) is 0 Å². The van der Waals surface area contributed by atoms with Gasteiger partial charge in [-0.05, 0) is 30.4 Å². The summed E-state index contributed by atoms with van der Waals surface area (Å²) in [5.74, 6) is -4.09. The number of hydrogen-bond acceptors (Lipinski definition) is 4. The minimum Gasteiger partial charge on any atom is -0.294 e. The van der Waals surface area contributed by atoms with Gasteiger partial charge in [0.2, 0.25) is 0 Å². The van der Waals surface area contributed by atoms with Crippen LogP contribution in [0.2, 0.25) is 0 Å². The van der Waals surface area contributed by atoms with Crippen molar-refractivity contribution in [1.82, 2.24) is 0 Å². The Morgan fingerprint density at radius 3 is 1.53 bits per heavy atom. The Kier molecular flexibility index (Phi) is 6.60. The van der Waals surface area contributed by atoms with Gasteiger partial charge in [-0.3, -0.25) is 19.2 Å². The number of allylic oxidation sites excluding steroid dienone is 6. The van der Waals surface area contributed by atoms with Crippen LogP contribution in [-0.2, 0) is 19.2 Å². The Labute approximate surface area is 111 Å². The van der Waals surface area contributed by atoms with Crippen LogP contribution >= 0.6 is 0 Å². The summed E-state index contributed by atoms with van der Waals surface area (Å²) in [5, 5.41) is 0. The first-order valence-electron chi connectivity index (χ1n) is 5.30. The highest BCUT2D eigenvalue weighted by Crippen LogP contribution is 2.17. The van der Waals surface area contributed by atoms with E-state index in [4.69, 9.17) is 0 Å². The summed E-state index contributed by atoms with van der Waals surface area (Å²) in [6.45, 7) is 13.0. The lowest BCUT2D eigenvalue weighted by Crippen LogP contribution is -2.27. The zero-order chi connectivity index (χ0) is 15.0. The molecule has 0 aliphatic carbocycles. The fourth-order valence-corrected chi connectivity index (χ4v) is 1.31. The third-order valence-corrected chi connectivity index (χ3v) is 2.25. The van der Waals surface area contributed by atoms with E-state index >= 15 is 0 Å². The average molecular weight is 258 g/mol. The molecule has 4 heteroatoms. The van der Waals surface area contributed by atoms with Gasteiger partial charge in [0, 0.05) is 5.57 Å². The molecule has 0 saturated heterocycles. The van der Waals surface area contributed by atoms with Crippen molar-refractivity contribution in [3.8, 4) is 0 Å². The zero-order valence-corrected chi connectivity index (χ0v) is 10.4. The van der Waals surface area contributed by atoms with Gasteiger partial charge in [0.1, 0.15) is 5.92 Å². The van der Waals surface area contributed by atoms with Crippen molar-refractivity contribution in [1.29, 1.82) is 0 Å². The quantitative estimate of drug-likeness (QED) is 0.465. The normalized spacial score (nSPS) is 10.5. The molecular formula is C15H14O4. The Balaban J connectivity index is 5.95. The Morgan fingerprint density at radius 2 is 1.21 bits per heavy atom. The standard InChI is InChI=1S/C15H14O4/c1-5-10(16)9-11(12(17)6-2)15(13(18)7-3)14(19)8-4/h5-9,15H,1-4H2. The highest BCUT2D eigenvalue weighted by molar-refractivity contribution is 6.22. The number of carbonyl (C=O) groups excluding carboxylic acids is 4. The molecule has 0 fully saturated rings. The van der Waals surface area contributed by atoms with Crippen LogP contribution in [0, 0.1) is 5.92 Å². The third kappa shape index (κ3) is 4.27. The van der Waals surface area contributed by atoms with Crippen LogP contribution in [0.3, 0.4) is 0 Å². The molecule has 0 aromatic carbocycles. The minimum atomic E-state index is -1.43. The molecule has 0 atom stereocenters. The molecule has 0 aliphatic heterocycles. The summed E-state index contributed by atoms with van der Waals surface area (Å²) in [6.07, 6.45) is 4.60. The van der Waals surface area contributed by atoms with E-state index in [0.29, 0.717) is 0 Å². The molecule has 4 nitrogen and oxygen atoms in total. The molecule has 0 unspecified atom stereocenters. The van der Waals surface area contributed by atoms with E-state index in [0.717, 1.165) is 30.4 Å². The summed E-state index contributed by atoms with van der Waals surface area (Å²) in [7, 11) is 0. The van der Waals surface area contributed by atoms with Gasteiger partial charge < -0.3 is 0 Å². The highest BCUT2D eigenvalue weighted by atomic mass is 16.2. The lowest BCUT2D eigenvalue weighted by Gasteiger charge is -2.12. The molecular weight excluding hydrogens is 244 g/mol. The van der Waals surface area contributed by atoms with Crippen molar-refractivity contribution in [3.05, 3.63) is 62.3 Å². The molecule has 0 N–H and O–H groups in total. The van der Waals surface area contributed by atoms with Crippen molar-refractivity contribution < 1.29 is 19.2 Å². The molecule has 0 saturated carbocycles. The van der Waals surface area contributed by atoms with Crippen molar-refractivity contribution in [3.63, 3.8) is 0 Å². The van der Waals surface area contributed by atoms with E-state index in [9.17, 15) is 19.2 Å². The highest BCUT2D eigenvalue weighted by Gasteiger charge is 2.30. The summed E-state index contributed by atoms with van der Waals surface area (Å²) >= 11 is 0. The van der Waals surface area contributed by atoms with E-state index in [2.05, 4.69) is 26.3 Å². The Hall–Kier alpha value is -2.62. The van der Waals surface area contributed by atoms with Gasteiger partial charge in [-0.2, -0.15) is 0 Å². The number of carbonyl (C=O) groups is 4. The second-order valence-electron chi connectivity index (χ2n) is 3.42. The molecule has 0 rings (SSSR count). The van der Waals surface area contributed by atoms with Crippen LogP contribution in [-0.4, -0.2) is 23.1 Å². The monoisotopic (exact) mass is 258 g/mol. The number of hydrogen-bond donors (Lipinski definition) is 0. The molecule has 0 spiro atoms. The Morgan fingerprint density at radius 1 is 0.737 bits per heavy atom. The van der Waals surface area contributed by atoms with Crippen molar-refractivity contribution >= 4 is 23.1 Å². The molecule has 0 amide bonds. The predicted octanol–water partition coefficient (Wildman–Crippen LogP) is 1.55. The second-order valence-corrected chi connectivity index (χ2v) is 3.42. The van der Waals surface area contributed by atoms with Gasteiger partial charge in [0.25, 0.3) is 0 Å². The molecule has 19 heavy (non-hydrogen) atoms. The summed E-state index contributed by atoms with van der Waals surface area (Å²) < 4.78 is 0. The lowest BCUT2D eigenvalue weighted by molar-refractivity contribution is -0.127. The molecule has 98 valence electrons. The topological polar surface area (TPSA) is 68.3 Å². The second kappa shape index (κ2) is 7.66. The van der Waals surface area contributed by atoms with Crippen molar-refractivity contribution in [2.45, 2.75) is 0 Å².